The summed E-state index contributed by atoms with van der Waals surface area (Å²) in [4.78, 5) is 24.7. The van der Waals surface area contributed by atoms with Crippen molar-refractivity contribution in [3.8, 4) is 0 Å². The van der Waals surface area contributed by atoms with Gasteiger partial charge in [0.25, 0.3) is 15.9 Å². The number of hydrogen-bond donors (Lipinski definition) is 2. The summed E-state index contributed by atoms with van der Waals surface area (Å²) in [7, 11) is -3.92. The highest BCUT2D eigenvalue weighted by Gasteiger charge is 2.20. The number of carbonyl (C=O) groups is 1. The number of halogens is 1. The van der Waals surface area contributed by atoms with Gasteiger partial charge in [-0.15, -0.1) is 0 Å². The molecule has 4 rings (SSSR count). The lowest BCUT2D eigenvalue weighted by Crippen LogP contribution is -2.20. The van der Waals surface area contributed by atoms with Crippen molar-refractivity contribution in [1.29, 1.82) is 0 Å². The largest absolute Gasteiger partial charge is 0.422 e. The molecule has 0 unspecified atom stereocenters. The van der Waals surface area contributed by atoms with Crippen LogP contribution in [0.5, 0.6) is 0 Å². The van der Waals surface area contributed by atoms with Gasteiger partial charge in [0.1, 0.15) is 11.1 Å². The summed E-state index contributed by atoms with van der Waals surface area (Å²) in [6, 6.07) is 11.9. The van der Waals surface area contributed by atoms with Crippen LogP contribution < -0.4 is 15.7 Å². The molecule has 2 aromatic heterocycles. The van der Waals surface area contributed by atoms with Crippen molar-refractivity contribution in [3.63, 3.8) is 0 Å². The molecule has 0 aliphatic carbocycles. The monoisotopic (exact) mass is 517 g/mol. The van der Waals surface area contributed by atoms with Crippen molar-refractivity contribution >= 4 is 54.4 Å². The van der Waals surface area contributed by atoms with Gasteiger partial charge >= 0.3 is 5.63 Å². The van der Waals surface area contributed by atoms with Gasteiger partial charge in [-0.25, -0.2) is 17.9 Å². The molecule has 2 aromatic carbocycles. The van der Waals surface area contributed by atoms with E-state index in [1.807, 2.05) is 0 Å². The van der Waals surface area contributed by atoms with E-state index >= 15 is 0 Å². The Morgan fingerprint density at radius 2 is 1.78 bits per heavy atom. The predicted octanol–water partition coefficient (Wildman–Crippen LogP) is 4.21. The van der Waals surface area contributed by atoms with Gasteiger partial charge in [0.2, 0.25) is 5.88 Å². The highest BCUT2D eigenvalue weighted by atomic mass is 79.9. The number of nitrogens with one attached hydrogen (secondary N) is 2. The lowest BCUT2D eigenvalue weighted by Gasteiger charge is -2.08. The molecule has 0 bridgehead atoms. The van der Waals surface area contributed by atoms with Gasteiger partial charge in [0, 0.05) is 21.1 Å². The van der Waals surface area contributed by atoms with Gasteiger partial charge in [-0.2, -0.15) is 0 Å². The Kier molecular flexibility index (Phi) is 5.61. The van der Waals surface area contributed by atoms with Gasteiger partial charge in [0.15, 0.2) is 0 Å². The van der Waals surface area contributed by atoms with E-state index in [0.29, 0.717) is 27.9 Å². The highest BCUT2D eigenvalue weighted by molar-refractivity contribution is 9.10. The number of hydrogen-bond acceptors (Lipinski definition) is 7. The molecule has 2 N–H and O–H groups in total. The fourth-order valence-electron chi connectivity index (χ4n) is 2.86. The van der Waals surface area contributed by atoms with Crippen LogP contribution in [0.4, 0.5) is 11.6 Å². The molecule has 2 heterocycles. The Morgan fingerprint density at radius 1 is 1.06 bits per heavy atom. The Bertz CT molecular complexity index is 1510. The summed E-state index contributed by atoms with van der Waals surface area (Å²) >= 11 is 3.33. The Morgan fingerprint density at radius 3 is 2.44 bits per heavy atom. The first-order valence-corrected chi connectivity index (χ1v) is 11.5. The van der Waals surface area contributed by atoms with Crippen LogP contribution in [0, 0.1) is 13.8 Å². The fraction of sp³-hybridized carbons (Fsp3) is 0.0952. The molecule has 0 radical (unpaired) electrons. The summed E-state index contributed by atoms with van der Waals surface area (Å²) < 4.78 is 38.4. The summed E-state index contributed by atoms with van der Waals surface area (Å²) in [5.41, 5.74) is 0.858. The van der Waals surface area contributed by atoms with Crippen LogP contribution in [0.1, 0.15) is 21.6 Å². The molecule has 32 heavy (non-hydrogen) atoms. The molecule has 11 heteroatoms. The number of fused-ring (bicyclic) bond motifs is 1. The van der Waals surface area contributed by atoms with E-state index in [1.165, 1.54) is 30.3 Å². The van der Waals surface area contributed by atoms with E-state index in [2.05, 4.69) is 31.1 Å². The topological polar surface area (TPSA) is 132 Å². The number of benzene rings is 2. The second kappa shape index (κ2) is 8.24. The zero-order valence-corrected chi connectivity index (χ0v) is 19.2. The first-order chi connectivity index (χ1) is 15.1. The van der Waals surface area contributed by atoms with Crippen LogP contribution in [0.2, 0.25) is 0 Å². The van der Waals surface area contributed by atoms with Crippen LogP contribution >= 0.6 is 15.9 Å². The summed E-state index contributed by atoms with van der Waals surface area (Å²) in [6.07, 6.45) is 0. The number of carbonyl (C=O) groups excluding carboxylic acids is 1. The van der Waals surface area contributed by atoms with Gasteiger partial charge in [-0.05, 0) is 62.4 Å². The molecule has 0 saturated carbocycles. The molecule has 9 nitrogen and oxygen atoms in total. The lowest BCUT2D eigenvalue weighted by atomic mass is 10.1. The van der Waals surface area contributed by atoms with Crippen LogP contribution in [0.15, 0.2) is 71.6 Å². The number of aryl methyl sites for hydroxylation is 1. The third-order valence-corrected chi connectivity index (χ3v) is 6.59. The van der Waals surface area contributed by atoms with Crippen LogP contribution in [0.3, 0.4) is 0 Å². The average Bonchev–Trinajstić information content (AvgIpc) is 3.05. The van der Waals surface area contributed by atoms with Crippen LogP contribution in [-0.2, 0) is 10.0 Å². The predicted molar refractivity (Wildman–Crippen MR) is 121 cm³/mol. The minimum absolute atomic E-state index is 0.0366. The van der Waals surface area contributed by atoms with Crippen molar-refractivity contribution in [3.05, 3.63) is 80.2 Å². The Hall–Kier alpha value is -3.44. The van der Waals surface area contributed by atoms with Crippen LogP contribution in [0.25, 0.3) is 11.0 Å². The Balaban J connectivity index is 1.54. The molecule has 0 aliphatic heterocycles. The normalized spacial score (nSPS) is 11.5. The second-order valence-electron chi connectivity index (χ2n) is 6.94. The molecule has 0 saturated heterocycles. The van der Waals surface area contributed by atoms with E-state index in [-0.39, 0.29) is 16.3 Å². The number of nitrogens with zero attached hydrogens (tertiary/aromatic N) is 1. The molecular formula is C21H16BrN3O6S. The summed E-state index contributed by atoms with van der Waals surface area (Å²) in [6.45, 7) is 3.38. The van der Waals surface area contributed by atoms with Crippen LogP contribution in [-0.4, -0.2) is 19.5 Å². The Labute approximate surface area is 190 Å². The zero-order chi connectivity index (χ0) is 23.0. The molecule has 1 amide bonds. The molecule has 0 atom stereocenters. The minimum atomic E-state index is -3.92. The third-order valence-electron chi connectivity index (χ3n) is 4.75. The average molecular weight is 518 g/mol. The zero-order valence-electron chi connectivity index (χ0n) is 16.8. The first-order valence-electron chi connectivity index (χ1n) is 9.24. The van der Waals surface area contributed by atoms with Crippen molar-refractivity contribution in [1.82, 2.24) is 5.16 Å². The number of rotatable bonds is 5. The van der Waals surface area contributed by atoms with E-state index < -0.39 is 21.6 Å². The number of anilines is 2. The number of amides is 1. The molecule has 0 fully saturated rings. The van der Waals surface area contributed by atoms with Crippen molar-refractivity contribution in [2.45, 2.75) is 18.7 Å². The molecular weight excluding hydrogens is 502 g/mol. The first kappa shape index (κ1) is 21.8. The van der Waals surface area contributed by atoms with Gasteiger partial charge in [-0.3, -0.25) is 4.79 Å². The van der Waals surface area contributed by atoms with E-state index in [0.717, 1.165) is 4.47 Å². The van der Waals surface area contributed by atoms with Crippen molar-refractivity contribution in [2.75, 3.05) is 10.0 Å². The highest BCUT2D eigenvalue weighted by Crippen LogP contribution is 2.23. The maximum atomic E-state index is 12.6. The standard InChI is InChI=1S/C21H16BrN3O6S/c1-11-12(2)24-31-20(11)25-32(28,29)16-6-4-15(5-7-16)23-19(26)17-10-13-9-14(22)3-8-18(13)30-21(17)27/h3-10,25H,1-2H3,(H,23,26). The second-order valence-corrected chi connectivity index (χ2v) is 9.53. The van der Waals surface area contributed by atoms with E-state index in [4.69, 9.17) is 8.94 Å². The molecule has 4 aromatic rings. The summed E-state index contributed by atoms with van der Waals surface area (Å²) in [5.74, 6) is -0.642. The smallest absolute Gasteiger partial charge is 0.349 e. The number of aromatic nitrogens is 1. The van der Waals surface area contributed by atoms with Crippen molar-refractivity contribution in [2.24, 2.45) is 0 Å². The summed E-state index contributed by atoms with van der Waals surface area (Å²) in [5, 5.41) is 6.86. The lowest BCUT2D eigenvalue weighted by molar-refractivity contribution is 0.102. The minimum Gasteiger partial charge on any atom is -0.422 e. The fourth-order valence-corrected chi connectivity index (χ4v) is 4.29. The molecule has 0 spiro atoms. The third kappa shape index (κ3) is 4.30. The van der Waals surface area contributed by atoms with E-state index in [1.54, 1.807) is 32.0 Å². The SMILES string of the molecule is Cc1noc(NS(=O)(=O)c2ccc(NC(=O)c3cc4cc(Br)ccc4oc3=O)cc2)c1C. The van der Waals surface area contributed by atoms with Crippen molar-refractivity contribution < 1.29 is 22.2 Å². The quantitative estimate of drug-likeness (QED) is 0.379. The van der Waals surface area contributed by atoms with E-state index in [9.17, 15) is 18.0 Å². The van der Waals surface area contributed by atoms with Gasteiger partial charge < -0.3 is 14.3 Å². The van der Waals surface area contributed by atoms with Gasteiger partial charge in [-0.1, -0.05) is 21.1 Å². The maximum absolute atomic E-state index is 12.6. The molecule has 164 valence electrons. The number of sulfonamides is 1. The molecule has 0 aliphatic rings. The maximum Gasteiger partial charge on any atom is 0.349 e. The van der Waals surface area contributed by atoms with Gasteiger partial charge in [0.05, 0.1) is 10.6 Å².